The number of hydrogen-bond donors (Lipinski definition) is 4. The van der Waals surface area contributed by atoms with E-state index in [1.54, 1.807) is 0 Å². The summed E-state index contributed by atoms with van der Waals surface area (Å²) < 4.78 is 133. The Morgan fingerprint density at radius 3 is 1.74 bits per heavy atom. The molecule has 0 aliphatic heterocycles. The van der Waals surface area contributed by atoms with Crippen LogP contribution >= 0.6 is 0 Å². The molecule has 39 heavy (non-hydrogen) atoms. The van der Waals surface area contributed by atoms with Gasteiger partial charge in [-0.3, -0.25) is 0 Å². The van der Waals surface area contributed by atoms with Gasteiger partial charge in [0.1, 0.15) is 28.7 Å². The minimum absolute atomic E-state index is 0.0507. The summed E-state index contributed by atoms with van der Waals surface area (Å²) in [6, 6.07) is 7.45. The van der Waals surface area contributed by atoms with E-state index >= 15 is 35.1 Å². The average molecular weight is 560 g/mol. The van der Waals surface area contributed by atoms with Crippen LogP contribution in [-0.2, 0) is 5.67 Å². The van der Waals surface area contributed by atoms with E-state index in [1.165, 1.54) is 12.1 Å². The first-order chi connectivity index (χ1) is 18.0. The number of hydrogen-bond acceptors (Lipinski definition) is 6. The van der Waals surface area contributed by atoms with Crippen LogP contribution in [-0.4, -0.2) is 33.8 Å². The van der Waals surface area contributed by atoms with Gasteiger partial charge in [-0.15, -0.1) is 0 Å². The summed E-state index contributed by atoms with van der Waals surface area (Å²) >= 11 is 0. The van der Waals surface area contributed by atoms with Gasteiger partial charge in [0, 0.05) is 17.7 Å². The standard InChI is InChI=1S/C25H16F8N2O4/c26-21-15-8-12(38-13-3-5-16(34)18(36)9-13)2-1-11(15)7-20(21)22(27,28)25(33,24(31,32)23(21,29)30)39-14-4-6-17(35)19(37)10-14/h1-10,36-37H,34-35H2. The fraction of sp³-hybridized carbons (Fsp3) is 0.200. The molecule has 0 aromatic heterocycles. The van der Waals surface area contributed by atoms with Crippen molar-refractivity contribution in [1.82, 2.24) is 0 Å². The molecular formula is C25H16F8N2O4. The Hall–Kier alpha value is -4.36. The van der Waals surface area contributed by atoms with Gasteiger partial charge in [-0.2, -0.15) is 30.7 Å². The second kappa shape index (κ2) is 7.83. The summed E-state index contributed by atoms with van der Waals surface area (Å²) in [7, 11) is 0. The topological polar surface area (TPSA) is 111 Å². The number of ether oxygens (including phenoxy) is 2. The van der Waals surface area contributed by atoms with Gasteiger partial charge in [0.25, 0.3) is 0 Å². The molecule has 14 heteroatoms. The van der Waals surface area contributed by atoms with Gasteiger partial charge in [-0.25, -0.2) is 4.39 Å². The summed E-state index contributed by atoms with van der Waals surface area (Å²) in [4.78, 5) is 0. The Balaban J connectivity index is 1.61. The van der Waals surface area contributed by atoms with Crippen molar-refractivity contribution in [2.45, 2.75) is 29.3 Å². The fourth-order valence-corrected chi connectivity index (χ4v) is 4.46. The van der Waals surface area contributed by atoms with Gasteiger partial charge >= 0.3 is 23.6 Å². The molecule has 2 unspecified atom stereocenters. The van der Waals surface area contributed by atoms with Crippen LogP contribution in [0.1, 0.15) is 11.1 Å². The lowest BCUT2D eigenvalue weighted by Crippen LogP contribution is -2.77. The Bertz CT molecular complexity index is 1550. The summed E-state index contributed by atoms with van der Waals surface area (Å²) in [5.74, 6) is -27.2. The highest BCUT2D eigenvalue weighted by atomic mass is 19.3. The number of alkyl halides is 8. The van der Waals surface area contributed by atoms with Crippen LogP contribution in [0.2, 0.25) is 0 Å². The van der Waals surface area contributed by atoms with E-state index in [-0.39, 0.29) is 23.2 Å². The molecule has 0 heterocycles. The van der Waals surface area contributed by atoms with Crippen molar-refractivity contribution < 1.29 is 54.8 Å². The monoisotopic (exact) mass is 560 g/mol. The zero-order valence-corrected chi connectivity index (χ0v) is 19.2. The highest BCUT2D eigenvalue weighted by molar-refractivity contribution is 5.74. The van der Waals surface area contributed by atoms with E-state index < -0.39 is 69.0 Å². The van der Waals surface area contributed by atoms with Crippen LogP contribution in [0.3, 0.4) is 0 Å². The molecule has 6 N–H and O–H groups in total. The molecule has 2 aliphatic carbocycles. The van der Waals surface area contributed by atoms with Crippen molar-refractivity contribution >= 4 is 17.5 Å². The molecule has 1 saturated carbocycles. The van der Waals surface area contributed by atoms with Crippen LogP contribution in [0.4, 0.5) is 46.5 Å². The van der Waals surface area contributed by atoms with Crippen molar-refractivity contribution in [2.75, 3.05) is 11.5 Å². The molecule has 0 spiro atoms. The second-order valence-electron chi connectivity index (χ2n) is 8.93. The highest BCUT2D eigenvalue weighted by Gasteiger charge is 2.94. The van der Waals surface area contributed by atoms with Gasteiger partial charge in [0.2, 0.25) is 5.67 Å². The molecule has 5 rings (SSSR count). The molecule has 6 nitrogen and oxygen atoms in total. The van der Waals surface area contributed by atoms with Crippen LogP contribution in [0.15, 0.2) is 60.2 Å². The largest absolute Gasteiger partial charge is 0.506 e. The number of anilines is 2. The molecule has 1 fully saturated rings. The molecular weight excluding hydrogens is 544 g/mol. The molecule has 2 atom stereocenters. The Morgan fingerprint density at radius 1 is 0.641 bits per heavy atom. The number of fused-ring (bicyclic) bond motifs is 3. The van der Waals surface area contributed by atoms with Gasteiger partial charge < -0.3 is 31.2 Å². The first-order valence-electron chi connectivity index (χ1n) is 10.9. The lowest BCUT2D eigenvalue weighted by Gasteiger charge is -2.51. The van der Waals surface area contributed by atoms with Crippen molar-refractivity contribution in [3.8, 4) is 28.7 Å². The van der Waals surface area contributed by atoms with Crippen molar-refractivity contribution in [1.29, 1.82) is 0 Å². The minimum atomic E-state index is -6.48. The molecule has 3 aromatic rings. The maximum absolute atomic E-state index is 16.2. The van der Waals surface area contributed by atoms with Crippen LogP contribution in [0.5, 0.6) is 28.7 Å². The van der Waals surface area contributed by atoms with E-state index in [1.807, 2.05) is 0 Å². The number of aromatic hydroxyl groups is 2. The second-order valence-corrected chi connectivity index (χ2v) is 8.93. The molecule has 2 aliphatic rings. The first kappa shape index (κ1) is 26.3. The number of phenolic OH excluding ortho intramolecular Hbond substituents is 2. The molecule has 0 radical (unpaired) electrons. The smallest absolute Gasteiger partial charge is 0.388 e. The Labute approximate surface area is 213 Å². The van der Waals surface area contributed by atoms with E-state index in [4.69, 9.17) is 16.2 Å². The Kier molecular flexibility index (Phi) is 5.27. The number of rotatable bonds is 4. The predicted molar refractivity (Wildman–Crippen MR) is 122 cm³/mol. The summed E-state index contributed by atoms with van der Waals surface area (Å²) in [6.45, 7) is 0. The minimum Gasteiger partial charge on any atom is -0.506 e. The Morgan fingerprint density at radius 2 is 1.15 bits per heavy atom. The number of nitrogens with two attached hydrogens (primary N) is 2. The van der Waals surface area contributed by atoms with E-state index in [0.29, 0.717) is 18.2 Å². The van der Waals surface area contributed by atoms with Gasteiger partial charge in [0.05, 0.1) is 16.9 Å². The first-order valence-corrected chi connectivity index (χ1v) is 10.9. The SMILES string of the molecule is Nc1ccc(Oc2ccc3c(c2)C2(F)C(=C3)C(F)(F)C(F)(Oc3ccc(N)c(O)c3)C(F)(F)C2(F)F)cc1O. The molecule has 0 amide bonds. The fourth-order valence-electron chi connectivity index (χ4n) is 4.46. The lowest BCUT2D eigenvalue weighted by atomic mass is 9.70. The third-order valence-corrected chi connectivity index (χ3v) is 6.54. The normalized spacial score (nSPS) is 25.8. The number of phenols is 2. The van der Waals surface area contributed by atoms with Crippen LogP contribution < -0.4 is 20.9 Å². The highest BCUT2D eigenvalue weighted by Crippen LogP contribution is 2.71. The lowest BCUT2D eigenvalue weighted by molar-refractivity contribution is -0.417. The molecule has 3 aromatic carbocycles. The zero-order chi connectivity index (χ0) is 28.8. The van der Waals surface area contributed by atoms with Crippen LogP contribution in [0.25, 0.3) is 6.08 Å². The summed E-state index contributed by atoms with van der Waals surface area (Å²) in [5, 5.41) is 19.3. The van der Waals surface area contributed by atoms with Crippen LogP contribution in [0, 0.1) is 0 Å². The maximum atomic E-state index is 16.2. The molecule has 0 saturated heterocycles. The van der Waals surface area contributed by atoms with Gasteiger partial charge in [-0.05, 0) is 48.0 Å². The van der Waals surface area contributed by atoms with Gasteiger partial charge in [0.15, 0.2) is 0 Å². The predicted octanol–water partition coefficient (Wildman–Crippen LogP) is 6.28. The van der Waals surface area contributed by atoms with Crippen molar-refractivity contribution in [3.05, 3.63) is 71.3 Å². The molecule has 0 bridgehead atoms. The third-order valence-electron chi connectivity index (χ3n) is 6.54. The number of benzene rings is 3. The van der Waals surface area contributed by atoms with E-state index in [9.17, 15) is 10.2 Å². The summed E-state index contributed by atoms with van der Waals surface area (Å²) in [5.41, 5.74) is 1.11. The number of nitrogen functional groups attached to an aromatic ring is 2. The van der Waals surface area contributed by atoms with E-state index in [0.717, 1.165) is 24.3 Å². The van der Waals surface area contributed by atoms with Crippen molar-refractivity contribution in [2.24, 2.45) is 0 Å². The van der Waals surface area contributed by atoms with Crippen molar-refractivity contribution in [3.63, 3.8) is 0 Å². The quantitative estimate of drug-likeness (QED) is 0.170. The maximum Gasteiger partial charge on any atom is 0.388 e. The third kappa shape index (κ3) is 3.26. The number of halogens is 8. The van der Waals surface area contributed by atoms with Gasteiger partial charge in [-0.1, -0.05) is 6.07 Å². The molecule has 206 valence electrons. The average Bonchev–Trinajstić information content (AvgIpc) is 3.17. The summed E-state index contributed by atoms with van der Waals surface area (Å²) in [6.07, 6.45) is 0.134. The van der Waals surface area contributed by atoms with E-state index in [2.05, 4.69) is 4.74 Å². The zero-order valence-electron chi connectivity index (χ0n) is 19.2.